The molecular weight excluding hydrogens is 392 g/mol. The Morgan fingerprint density at radius 1 is 1.00 bits per heavy atom. The summed E-state index contributed by atoms with van der Waals surface area (Å²) in [7, 11) is 0. The minimum absolute atomic E-state index is 0.0982. The van der Waals surface area contributed by atoms with Crippen molar-refractivity contribution in [3.8, 4) is 5.75 Å². The second-order valence-corrected chi connectivity index (χ2v) is 6.76. The maximum absolute atomic E-state index is 12.4. The summed E-state index contributed by atoms with van der Waals surface area (Å²) < 4.78 is 10.3. The Hall–Kier alpha value is -3.75. The SMILES string of the molecule is CC(C)C(=O)Nc1ccc(C(=O)[C@@H](C)OC(=O)COc2ccc([N+](=O)[O-])cc2)cc1. The van der Waals surface area contributed by atoms with E-state index in [0.717, 1.165) is 0 Å². The summed E-state index contributed by atoms with van der Waals surface area (Å²) in [6.07, 6.45) is -1.03. The minimum atomic E-state index is -1.03. The Bertz CT molecular complexity index is 921. The highest BCUT2D eigenvalue weighted by Crippen LogP contribution is 2.17. The lowest BCUT2D eigenvalue weighted by molar-refractivity contribution is -0.384. The first-order chi connectivity index (χ1) is 14.2. The van der Waals surface area contributed by atoms with E-state index in [9.17, 15) is 24.5 Å². The third kappa shape index (κ3) is 6.40. The van der Waals surface area contributed by atoms with Crippen LogP contribution in [0.15, 0.2) is 48.5 Å². The van der Waals surface area contributed by atoms with Crippen LogP contribution >= 0.6 is 0 Å². The zero-order valence-electron chi connectivity index (χ0n) is 16.8. The van der Waals surface area contributed by atoms with Gasteiger partial charge in [-0.3, -0.25) is 19.7 Å². The summed E-state index contributed by atoms with van der Waals surface area (Å²) in [6.45, 7) is 4.54. The van der Waals surface area contributed by atoms with Gasteiger partial charge in [-0.25, -0.2) is 4.79 Å². The summed E-state index contributed by atoms with van der Waals surface area (Å²) in [4.78, 5) is 46.1. The number of ketones is 1. The third-order valence-corrected chi connectivity index (χ3v) is 4.04. The fourth-order valence-corrected chi connectivity index (χ4v) is 2.33. The molecule has 1 amide bonds. The number of nitrogens with one attached hydrogen (secondary N) is 1. The molecule has 0 bridgehead atoms. The second kappa shape index (κ2) is 10.1. The number of esters is 1. The van der Waals surface area contributed by atoms with Crippen LogP contribution in [0.4, 0.5) is 11.4 Å². The van der Waals surface area contributed by atoms with Crippen molar-refractivity contribution in [1.29, 1.82) is 0 Å². The number of nitrogens with zero attached hydrogens (tertiary/aromatic N) is 1. The number of amides is 1. The fourth-order valence-electron chi connectivity index (χ4n) is 2.33. The first-order valence-corrected chi connectivity index (χ1v) is 9.19. The maximum Gasteiger partial charge on any atom is 0.344 e. The lowest BCUT2D eigenvalue weighted by atomic mass is 10.1. The summed E-state index contributed by atoms with van der Waals surface area (Å²) in [6, 6.07) is 11.5. The Morgan fingerprint density at radius 2 is 1.60 bits per heavy atom. The molecule has 0 saturated heterocycles. The largest absolute Gasteiger partial charge is 0.482 e. The number of anilines is 1. The number of rotatable bonds is 9. The Morgan fingerprint density at radius 3 is 2.13 bits per heavy atom. The maximum atomic E-state index is 12.4. The highest BCUT2D eigenvalue weighted by atomic mass is 16.6. The van der Waals surface area contributed by atoms with Gasteiger partial charge in [-0.2, -0.15) is 0 Å². The van der Waals surface area contributed by atoms with Gasteiger partial charge in [-0.05, 0) is 43.3 Å². The topological polar surface area (TPSA) is 125 Å². The van der Waals surface area contributed by atoms with E-state index < -0.39 is 29.4 Å². The van der Waals surface area contributed by atoms with Crippen molar-refractivity contribution in [3.05, 3.63) is 64.2 Å². The van der Waals surface area contributed by atoms with Crippen molar-refractivity contribution >= 4 is 29.0 Å². The van der Waals surface area contributed by atoms with Crippen molar-refractivity contribution in [2.24, 2.45) is 5.92 Å². The molecule has 1 atom stereocenters. The molecule has 0 aliphatic heterocycles. The van der Waals surface area contributed by atoms with Gasteiger partial charge in [-0.15, -0.1) is 0 Å². The van der Waals surface area contributed by atoms with Crippen molar-refractivity contribution in [3.63, 3.8) is 0 Å². The van der Waals surface area contributed by atoms with Gasteiger partial charge in [-0.1, -0.05) is 13.8 Å². The quantitative estimate of drug-likeness (QED) is 0.289. The first kappa shape index (κ1) is 22.5. The van der Waals surface area contributed by atoms with Gasteiger partial charge in [0.2, 0.25) is 11.7 Å². The predicted molar refractivity (Wildman–Crippen MR) is 108 cm³/mol. The van der Waals surface area contributed by atoms with E-state index in [-0.39, 0.29) is 23.3 Å². The summed E-state index contributed by atoms with van der Waals surface area (Å²) in [5, 5.41) is 13.3. The van der Waals surface area contributed by atoms with Crippen molar-refractivity contribution in [2.45, 2.75) is 26.9 Å². The molecule has 9 nitrogen and oxygen atoms in total. The van der Waals surface area contributed by atoms with Crippen LogP contribution in [0, 0.1) is 16.0 Å². The number of carbonyl (C=O) groups excluding carboxylic acids is 3. The summed E-state index contributed by atoms with van der Waals surface area (Å²) in [5.41, 5.74) is 0.791. The highest BCUT2D eigenvalue weighted by Gasteiger charge is 2.20. The standard InChI is InChI=1S/C21H22N2O7/c1-13(2)21(26)22-16-6-4-15(5-7-16)20(25)14(3)30-19(24)12-29-18-10-8-17(9-11-18)23(27)28/h4-11,13-14H,12H2,1-3H3,(H,22,26)/t14-/m1/s1. The number of Topliss-reactive ketones (excluding diaryl/α,β-unsaturated/α-hetero) is 1. The van der Waals surface area contributed by atoms with Crippen LogP contribution in [-0.2, 0) is 14.3 Å². The number of hydrogen-bond donors (Lipinski definition) is 1. The van der Waals surface area contributed by atoms with Crippen LogP contribution in [0.2, 0.25) is 0 Å². The summed E-state index contributed by atoms with van der Waals surface area (Å²) >= 11 is 0. The molecule has 0 radical (unpaired) electrons. The molecule has 1 N–H and O–H groups in total. The van der Waals surface area contributed by atoms with Crippen LogP contribution in [0.25, 0.3) is 0 Å². The number of hydrogen-bond acceptors (Lipinski definition) is 7. The van der Waals surface area contributed by atoms with Gasteiger partial charge in [0.25, 0.3) is 5.69 Å². The number of carbonyl (C=O) groups is 3. The molecule has 0 aromatic heterocycles. The third-order valence-electron chi connectivity index (χ3n) is 4.04. The van der Waals surface area contributed by atoms with E-state index in [4.69, 9.17) is 9.47 Å². The monoisotopic (exact) mass is 414 g/mol. The molecule has 0 fully saturated rings. The van der Waals surface area contributed by atoms with Gasteiger partial charge >= 0.3 is 5.97 Å². The number of benzene rings is 2. The molecule has 2 aromatic carbocycles. The lowest BCUT2D eigenvalue weighted by Gasteiger charge is -2.13. The van der Waals surface area contributed by atoms with Gasteiger partial charge in [0.15, 0.2) is 12.7 Å². The van der Waals surface area contributed by atoms with Crippen LogP contribution in [0.1, 0.15) is 31.1 Å². The summed E-state index contributed by atoms with van der Waals surface area (Å²) in [5.74, 6) is -1.20. The lowest BCUT2D eigenvalue weighted by Crippen LogP contribution is -2.27. The van der Waals surface area contributed by atoms with Crippen molar-refractivity contribution in [1.82, 2.24) is 0 Å². The molecule has 30 heavy (non-hydrogen) atoms. The zero-order chi connectivity index (χ0) is 22.3. The average molecular weight is 414 g/mol. The smallest absolute Gasteiger partial charge is 0.344 e. The van der Waals surface area contributed by atoms with E-state index in [2.05, 4.69) is 5.32 Å². The normalized spacial score (nSPS) is 11.5. The first-order valence-electron chi connectivity index (χ1n) is 9.19. The average Bonchev–Trinajstić information content (AvgIpc) is 2.72. The number of non-ortho nitro benzene ring substituents is 1. The van der Waals surface area contributed by atoms with Crippen LogP contribution < -0.4 is 10.1 Å². The Balaban J connectivity index is 1.86. The zero-order valence-corrected chi connectivity index (χ0v) is 16.8. The van der Waals surface area contributed by atoms with Gasteiger partial charge in [0, 0.05) is 29.3 Å². The molecular formula is C21H22N2O7. The van der Waals surface area contributed by atoms with Gasteiger partial charge in [0.1, 0.15) is 5.75 Å². The Labute approximate surface area is 173 Å². The molecule has 0 aliphatic carbocycles. The van der Waals surface area contributed by atoms with E-state index in [1.807, 2.05) is 0 Å². The second-order valence-electron chi connectivity index (χ2n) is 6.76. The predicted octanol–water partition coefficient (Wildman–Crippen LogP) is 3.38. The van der Waals surface area contributed by atoms with Crippen LogP contribution in [0.5, 0.6) is 5.75 Å². The van der Waals surface area contributed by atoms with E-state index in [1.165, 1.54) is 43.3 Å². The number of nitro groups is 1. The molecule has 0 saturated carbocycles. The molecule has 0 unspecified atom stereocenters. The highest BCUT2D eigenvalue weighted by molar-refractivity contribution is 6.01. The molecule has 2 rings (SSSR count). The fraction of sp³-hybridized carbons (Fsp3) is 0.286. The number of ether oxygens (including phenoxy) is 2. The molecule has 158 valence electrons. The minimum Gasteiger partial charge on any atom is -0.482 e. The molecule has 0 aliphatic rings. The molecule has 0 spiro atoms. The van der Waals surface area contributed by atoms with E-state index in [1.54, 1.807) is 26.0 Å². The van der Waals surface area contributed by atoms with E-state index in [0.29, 0.717) is 11.3 Å². The van der Waals surface area contributed by atoms with Crippen LogP contribution in [-0.4, -0.2) is 35.3 Å². The molecule has 2 aromatic rings. The van der Waals surface area contributed by atoms with Crippen LogP contribution in [0.3, 0.4) is 0 Å². The Kier molecular flexibility index (Phi) is 7.62. The van der Waals surface area contributed by atoms with Gasteiger partial charge in [0.05, 0.1) is 4.92 Å². The van der Waals surface area contributed by atoms with E-state index >= 15 is 0 Å². The molecule has 9 heteroatoms. The molecule has 0 heterocycles. The van der Waals surface area contributed by atoms with Crippen molar-refractivity contribution < 1.29 is 28.8 Å². The number of nitro benzene ring substituents is 1. The van der Waals surface area contributed by atoms with Crippen molar-refractivity contribution in [2.75, 3.05) is 11.9 Å². The van der Waals surface area contributed by atoms with Gasteiger partial charge < -0.3 is 14.8 Å².